The average Bonchev–Trinajstić information content (AvgIpc) is 2.50. The number of hydrogen-bond donors (Lipinski definition) is 0. The Labute approximate surface area is 92.6 Å². The standard InChI is InChI=1S/C10H7BrF3N/c1-4-3-5-7(12)6(11)8(13)9(14)10(5)15(4)2/h3H,1-2H3. The smallest absolute Gasteiger partial charge is 0.184 e. The number of hydrogen-bond acceptors (Lipinski definition) is 0. The highest BCUT2D eigenvalue weighted by molar-refractivity contribution is 9.10. The molecule has 80 valence electrons. The van der Waals surface area contributed by atoms with Crippen LogP contribution in [0.1, 0.15) is 5.69 Å². The molecule has 0 fully saturated rings. The molecule has 0 N–H and O–H groups in total. The van der Waals surface area contributed by atoms with Gasteiger partial charge in [0.1, 0.15) is 5.82 Å². The number of fused-ring (bicyclic) bond motifs is 1. The molecule has 1 aromatic carbocycles. The second-order valence-corrected chi connectivity index (χ2v) is 4.16. The van der Waals surface area contributed by atoms with Gasteiger partial charge in [-0.15, -0.1) is 0 Å². The first-order valence-electron chi connectivity index (χ1n) is 4.23. The topological polar surface area (TPSA) is 4.93 Å². The summed E-state index contributed by atoms with van der Waals surface area (Å²) in [5.74, 6) is -3.00. The van der Waals surface area contributed by atoms with Crippen molar-refractivity contribution in [3.63, 3.8) is 0 Å². The fourth-order valence-electron chi connectivity index (χ4n) is 1.58. The molecule has 0 aliphatic heterocycles. The molecule has 0 aliphatic rings. The van der Waals surface area contributed by atoms with E-state index in [1.165, 1.54) is 10.6 Å². The fourth-order valence-corrected chi connectivity index (χ4v) is 1.97. The van der Waals surface area contributed by atoms with Crippen molar-refractivity contribution < 1.29 is 13.2 Å². The number of aryl methyl sites for hydroxylation is 2. The lowest BCUT2D eigenvalue weighted by molar-refractivity contribution is 0.495. The van der Waals surface area contributed by atoms with Gasteiger partial charge in [-0.2, -0.15) is 0 Å². The van der Waals surface area contributed by atoms with E-state index in [4.69, 9.17) is 0 Å². The minimum Gasteiger partial charge on any atom is -0.345 e. The van der Waals surface area contributed by atoms with Crippen molar-refractivity contribution in [2.75, 3.05) is 0 Å². The summed E-state index contributed by atoms with van der Waals surface area (Å²) in [4.78, 5) is 0. The SMILES string of the molecule is Cc1cc2c(F)c(Br)c(F)c(F)c2n1C. The number of halogens is 4. The van der Waals surface area contributed by atoms with E-state index in [1.807, 2.05) is 0 Å². The molecule has 2 aromatic rings. The minimum atomic E-state index is -1.19. The molecule has 0 saturated carbocycles. The molecule has 0 radical (unpaired) electrons. The van der Waals surface area contributed by atoms with E-state index < -0.39 is 21.9 Å². The van der Waals surface area contributed by atoms with Crippen molar-refractivity contribution in [2.45, 2.75) is 6.92 Å². The summed E-state index contributed by atoms with van der Waals surface area (Å²) >= 11 is 2.69. The lowest BCUT2D eigenvalue weighted by atomic mass is 10.2. The minimum absolute atomic E-state index is 0.0503. The molecule has 1 heterocycles. The van der Waals surface area contributed by atoms with Gasteiger partial charge in [0.15, 0.2) is 11.6 Å². The Morgan fingerprint density at radius 2 is 1.73 bits per heavy atom. The van der Waals surface area contributed by atoms with E-state index in [0.717, 1.165) is 0 Å². The lowest BCUT2D eigenvalue weighted by Crippen LogP contribution is -1.97. The maximum Gasteiger partial charge on any atom is 0.184 e. The Morgan fingerprint density at radius 1 is 1.13 bits per heavy atom. The molecular weight excluding hydrogens is 271 g/mol. The van der Waals surface area contributed by atoms with Crippen LogP contribution in [0.15, 0.2) is 10.5 Å². The normalized spacial score (nSPS) is 11.3. The molecule has 1 aromatic heterocycles. The fraction of sp³-hybridized carbons (Fsp3) is 0.200. The molecule has 0 atom stereocenters. The van der Waals surface area contributed by atoms with Crippen LogP contribution >= 0.6 is 15.9 Å². The van der Waals surface area contributed by atoms with E-state index >= 15 is 0 Å². The first-order valence-corrected chi connectivity index (χ1v) is 5.02. The third-order valence-corrected chi connectivity index (χ3v) is 3.19. The van der Waals surface area contributed by atoms with Crippen molar-refractivity contribution in [1.29, 1.82) is 0 Å². The highest BCUT2D eigenvalue weighted by Crippen LogP contribution is 2.32. The maximum absolute atomic E-state index is 13.6. The van der Waals surface area contributed by atoms with Crippen molar-refractivity contribution in [1.82, 2.24) is 4.57 Å². The third-order valence-electron chi connectivity index (χ3n) is 2.50. The summed E-state index contributed by atoms with van der Waals surface area (Å²) in [7, 11) is 1.56. The largest absolute Gasteiger partial charge is 0.345 e. The molecule has 1 nitrogen and oxygen atoms in total. The van der Waals surface area contributed by atoms with Gasteiger partial charge in [0, 0.05) is 18.1 Å². The predicted molar refractivity (Wildman–Crippen MR) is 55.2 cm³/mol. The van der Waals surface area contributed by atoms with E-state index in [0.29, 0.717) is 5.69 Å². The Balaban J connectivity index is 3.07. The van der Waals surface area contributed by atoms with Crippen LogP contribution in [0, 0.1) is 24.4 Å². The van der Waals surface area contributed by atoms with Crippen molar-refractivity contribution in [3.05, 3.63) is 33.7 Å². The number of aromatic nitrogens is 1. The molecule has 0 amide bonds. The lowest BCUT2D eigenvalue weighted by Gasteiger charge is -2.04. The first-order chi connectivity index (χ1) is 6.95. The first kappa shape index (κ1) is 10.5. The van der Waals surface area contributed by atoms with Crippen LogP contribution in [0.25, 0.3) is 10.9 Å². The molecule has 0 bridgehead atoms. The molecule has 5 heteroatoms. The number of rotatable bonds is 0. The summed E-state index contributed by atoms with van der Waals surface area (Å²) in [6.07, 6.45) is 0. The van der Waals surface area contributed by atoms with Crippen LogP contribution in [-0.2, 0) is 7.05 Å². The van der Waals surface area contributed by atoms with Gasteiger partial charge in [0.25, 0.3) is 0 Å². The van der Waals surface area contributed by atoms with Gasteiger partial charge in [-0.3, -0.25) is 0 Å². The molecular formula is C10H7BrF3N. The highest BCUT2D eigenvalue weighted by Gasteiger charge is 2.21. The monoisotopic (exact) mass is 277 g/mol. The van der Waals surface area contributed by atoms with Crippen molar-refractivity contribution in [3.8, 4) is 0 Å². The Morgan fingerprint density at radius 3 is 2.33 bits per heavy atom. The van der Waals surface area contributed by atoms with Crippen molar-refractivity contribution >= 4 is 26.8 Å². The van der Waals surface area contributed by atoms with E-state index in [1.54, 1.807) is 14.0 Å². The Hall–Kier alpha value is -0.970. The number of nitrogens with zero attached hydrogens (tertiary/aromatic N) is 1. The average molecular weight is 278 g/mol. The van der Waals surface area contributed by atoms with Crippen LogP contribution in [0.5, 0.6) is 0 Å². The van der Waals surface area contributed by atoms with Crippen LogP contribution in [0.2, 0.25) is 0 Å². The Kier molecular flexibility index (Phi) is 2.30. The molecule has 0 spiro atoms. The van der Waals surface area contributed by atoms with Gasteiger partial charge in [-0.25, -0.2) is 13.2 Å². The summed E-state index contributed by atoms with van der Waals surface area (Å²) < 4.78 is 41.3. The zero-order chi connectivity index (χ0) is 11.3. The highest BCUT2D eigenvalue weighted by atomic mass is 79.9. The summed E-state index contributed by atoms with van der Waals surface area (Å²) in [5, 5.41) is 0.0841. The van der Waals surface area contributed by atoms with E-state index in [9.17, 15) is 13.2 Å². The molecule has 2 rings (SSSR count). The molecule has 15 heavy (non-hydrogen) atoms. The molecule has 0 saturated heterocycles. The van der Waals surface area contributed by atoms with Gasteiger partial charge in [0.05, 0.1) is 9.99 Å². The van der Waals surface area contributed by atoms with Crippen LogP contribution in [0.3, 0.4) is 0 Å². The second kappa shape index (κ2) is 3.27. The van der Waals surface area contributed by atoms with Crippen molar-refractivity contribution in [2.24, 2.45) is 7.05 Å². The molecule has 0 aliphatic carbocycles. The quantitative estimate of drug-likeness (QED) is 0.512. The van der Waals surface area contributed by atoms with Gasteiger partial charge < -0.3 is 4.57 Å². The van der Waals surface area contributed by atoms with Gasteiger partial charge >= 0.3 is 0 Å². The summed E-state index contributed by atoms with van der Waals surface area (Å²) in [6.45, 7) is 1.70. The Bertz CT molecular complexity index is 560. The van der Waals surface area contributed by atoms with Gasteiger partial charge in [0.2, 0.25) is 0 Å². The summed E-state index contributed by atoms with van der Waals surface area (Å²) in [6, 6.07) is 1.48. The molecule has 0 unspecified atom stereocenters. The van der Waals surface area contributed by atoms with Crippen LogP contribution < -0.4 is 0 Å². The van der Waals surface area contributed by atoms with E-state index in [-0.39, 0.29) is 10.9 Å². The zero-order valence-electron chi connectivity index (χ0n) is 8.04. The van der Waals surface area contributed by atoms with E-state index in [2.05, 4.69) is 15.9 Å². The summed E-state index contributed by atoms with van der Waals surface area (Å²) in [5.41, 5.74) is 0.617. The third kappa shape index (κ3) is 1.29. The van der Waals surface area contributed by atoms with Gasteiger partial charge in [-0.1, -0.05) is 0 Å². The van der Waals surface area contributed by atoms with Crippen LogP contribution in [-0.4, -0.2) is 4.57 Å². The van der Waals surface area contributed by atoms with Gasteiger partial charge in [-0.05, 0) is 28.9 Å². The maximum atomic E-state index is 13.6. The number of benzene rings is 1. The zero-order valence-corrected chi connectivity index (χ0v) is 9.62. The van der Waals surface area contributed by atoms with Crippen LogP contribution in [0.4, 0.5) is 13.2 Å². The predicted octanol–water partition coefficient (Wildman–Crippen LogP) is 3.67. The second-order valence-electron chi connectivity index (χ2n) is 3.36.